The first-order chi connectivity index (χ1) is 57.9. The van der Waals surface area contributed by atoms with E-state index in [1.165, 1.54) is 41.0 Å². The van der Waals surface area contributed by atoms with Crippen LogP contribution in [0.3, 0.4) is 0 Å². The molecule has 1 unspecified atom stereocenters. The largest absolute Gasteiger partial charge is 0.508 e. The van der Waals surface area contributed by atoms with Crippen LogP contribution >= 0.6 is 27.7 Å². The minimum atomic E-state index is -0.528. The zero-order valence-corrected chi connectivity index (χ0v) is 72.5. The van der Waals surface area contributed by atoms with Crippen LogP contribution in [0.15, 0.2) is 176 Å². The number of phenolic OH excluding ortho intramolecular Hbond substituents is 2. The second kappa shape index (κ2) is 49.7. The molecule has 0 spiro atoms. The molecule has 5 aliphatic rings. The number of fused-ring (bicyclic) bond motifs is 5. The number of aromatic hydroxyl groups is 2. The normalized spacial score (nSPS) is 16.3. The summed E-state index contributed by atoms with van der Waals surface area (Å²) in [5, 5.41) is 36.7. The van der Waals surface area contributed by atoms with Gasteiger partial charge in [-0.3, -0.25) is 4.79 Å². The van der Waals surface area contributed by atoms with Gasteiger partial charge in [-0.2, -0.15) is 0 Å². The molecule has 0 aromatic heterocycles. The molecular formula is C97H115BrClF4NO16. The quantitative estimate of drug-likeness (QED) is 0.0125. The Balaban J connectivity index is 0.000000181. The zero-order chi connectivity index (χ0) is 86.6. The number of rotatable bonds is 24. The fourth-order valence-corrected chi connectivity index (χ4v) is 14.7. The third-order valence-corrected chi connectivity index (χ3v) is 21.6. The minimum Gasteiger partial charge on any atom is -0.508 e. The molecule has 9 aromatic rings. The number of carbonyl (C=O) groups excluding carboxylic acids is 2. The monoisotopic (exact) mass is 1740 g/mol. The van der Waals surface area contributed by atoms with Crippen LogP contribution in [0.2, 0.25) is 0 Å². The predicted molar refractivity (Wildman–Crippen MR) is 463 cm³/mol. The fraction of sp³-hybridized carbons (Fsp3) is 0.402. The number of alkyl halides is 1. The Bertz CT molecular complexity index is 4640. The number of aryl methyl sites for hydroxylation is 4. The van der Waals surface area contributed by atoms with E-state index in [2.05, 4.69) is 52.9 Å². The number of hydrogen-bond acceptors (Lipinski definition) is 17. The van der Waals surface area contributed by atoms with Crippen molar-refractivity contribution in [1.29, 1.82) is 0 Å². The number of halogens is 6. The first-order valence-corrected chi connectivity index (χ1v) is 42.7. The first-order valence-electron chi connectivity index (χ1n) is 41.2. The lowest BCUT2D eigenvalue weighted by molar-refractivity contribution is -0.149. The van der Waals surface area contributed by atoms with Gasteiger partial charge in [0.15, 0.2) is 0 Å². The number of phenols is 2. The van der Waals surface area contributed by atoms with Crippen molar-refractivity contribution in [3.05, 3.63) is 272 Å². The Morgan fingerprint density at radius 3 is 1.18 bits per heavy atom. The number of aliphatic hydroxyl groups is 2. The van der Waals surface area contributed by atoms with E-state index in [0.29, 0.717) is 78.4 Å². The molecule has 120 heavy (non-hydrogen) atoms. The summed E-state index contributed by atoms with van der Waals surface area (Å²) < 4.78 is 110. The molecule has 5 heterocycles. The average Bonchev–Trinajstić information content (AvgIpc) is 0.801. The molecule has 5 N–H and O–H groups in total. The maximum absolute atomic E-state index is 14.2. The highest BCUT2D eigenvalue weighted by atomic mass is 79.9. The third kappa shape index (κ3) is 29.2. The van der Waals surface area contributed by atoms with Gasteiger partial charge in [0.05, 0.1) is 70.4 Å². The van der Waals surface area contributed by atoms with E-state index in [0.717, 1.165) is 163 Å². The number of nitrogens with one attached hydrogen (secondary N) is 1. The van der Waals surface area contributed by atoms with Gasteiger partial charge in [0.1, 0.15) is 107 Å². The van der Waals surface area contributed by atoms with Gasteiger partial charge < -0.3 is 67.8 Å². The van der Waals surface area contributed by atoms with E-state index in [9.17, 15) is 42.5 Å². The van der Waals surface area contributed by atoms with Crippen LogP contribution in [0.4, 0.5) is 17.6 Å². The molecule has 0 radical (unpaired) electrons. The van der Waals surface area contributed by atoms with Gasteiger partial charge in [-0.15, -0.1) is 0 Å². The summed E-state index contributed by atoms with van der Waals surface area (Å²) in [6, 6.07) is 48.7. The van der Waals surface area contributed by atoms with E-state index in [1.807, 2.05) is 119 Å². The van der Waals surface area contributed by atoms with E-state index < -0.39 is 11.9 Å². The molecule has 646 valence electrons. The highest BCUT2D eigenvalue weighted by Gasteiger charge is 2.27. The van der Waals surface area contributed by atoms with Gasteiger partial charge in [0.2, 0.25) is 0 Å². The summed E-state index contributed by atoms with van der Waals surface area (Å²) in [4.78, 5) is 25.0. The standard InChI is InChI=1S/C25H31FO5.2C19H21FO2.C10H12O2.C9H10BrF.C9H10ClNO2.C6H10O3/c1-3-18-6-5-7-23(26)22(18)16-30-21-11-10-19-12-17(15-31-24(19)13-21)8-9-20(14-27)25(28)29-4-2;2*1-3-14-5-4-6-18(20)17(14)12-21-16-8-7-15-9-13(2)11-22-19(15)10-16;1-7-4-8-2-3-9(11)5-10(8)12-6-7;1-2-7-4-3-5-9(11)8(7)6-10;10-11-7-3-6-1-2-8(12)4-9(6)13-5-7;1-3-9-6(8)5(2)4-7/h5-7,10-11,13,17,20,27H,3-4,8-9,12,14-16H2,1-2H3;2*4-8,10,13H,3,9,11-12H2,1-2H3;2-3,5,7,11H,4,6H2,1H3;3-5H,2,6H2,1H3;1-2,4,7,11-12H,3,5H2;7H,2-4H2,1H3/t17-,20?;2*13-;7-;;7-;/m0000.0./s1. The van der Waals surface area contributed by atoms with Crippen molar-refractivity contribution in [2.45, 2.75) is 164 Å². The molecule has 0 bridgehead atoms. The SMILES string of the molecule is C=C(CO)C(=O)OCC.CCOC(=O)C(CO)CC[C@@H]1COc2cc(OCc3c(F)cccc3CC)ccc2C1.CCc1cccc(F)c1CBr.CCc1cccc(F)c1COc1ccc2c(c1)OC[C@@H](C)C2.CCc1cccc(F)c1COc1ccc2c(c1)OC[C@@H](C)C2.C[C@@H]1COc2cc(O)ccc2C1.Oc1ccc2c(c1)OC[C@@H](NCl)C2. The van der Waals surface area contributed by atoms with Crippen LogP contribution in [0.5, 0.6) is 57.5 Å². The molecule has 0 saturated heterocycles. The maximum Gasteiger partial charge on any atom is 0.335 e. The average molecular weight is 1740 g/mol. The highest BCUT2D eigenvalue weighted by Crippen LogP contribution is 2.38. The molecule has 14 rings (SSSR count). The van der Waals surface area contributed by atoms with Gasteiger partial charge >= 0.3 is 11.9 Å². The Hall–Kier alpha value is -9.97. The van der Waals surface area contributed by atoms with Gasteiger partial charge in [-0.05, 0) is 225 Å². The Labute approximate surface area is 717 Å². The summed E-state index contributed by atoms with van der Waals surface area (Å²) in [6.07, 6.45) is 9.35. The van der Waals surface area contributed by atoms with Gasteiger partial charge in [-0.25, -0.2) is 27.2 Å². The topological polar surface area (TPSA) is 219 Å². The van der Waals surface area contributed by atoms with E-state index in [-0.39, 0.29) is 91.3 Å². The van der Waals surface area contributed by atoms with E-state index in [1.54, 1.807) is 62.4 Å². The fourth-order valence-electron chi connectivity index (χ4n) is 13.9. The smallest absolute Gasteiger partial charge is 0.335 e. The van der Waals surface area contributed by atoms with Crippen molar-refractivity contribution >= 4 is 39.6 Å². The number of carbonyl (C=O) groups is 2. The van der Waals surface area contributed by atoms with Crippen molar-refractivity contribution in [2.75, 3.05) is 59.5 Å². The Morgan fingerprint density at radius 2 is 0.825 bits per heavy atom. The predicted octanol–water partition coefficient (Wildman–Crippen LogP) is 20.3. The summed E-state index contributed by atoms with van der Waals surface area (Å²) in [5.74, 6) is 6.57. The summed E-state index contributed by atoms with van der Waals surface area (Å²) >= 11 is 8.76. The molecule has 6 atom stereocenters. The molecule has 0 fully saturated rings. The molecule has 17 nitrogen and oxygen atoms in total. The van der Waals surface area contributed by atoms with E-state index in [4.69, 9.17) is 59.5 Å². The van der Waals surface area contributed by atoms with Crippen LogP contribution in [-0.4, -0.2) is 97.9 Å². The minimum absolute atomic E-state index is 0.0943. The molecule has 0 saturated carbocycles. The molecule has 0 aliphatic carbocycles. The Morgan fingerprint density at radius 1 is 0.475 bits per heavy atom. The molecule has 5 aliphatic heterocycles. The second-order valence-corrected chi connectivity index (χ2v) is 30.8. The summed E-state index contributed by atoms with van der Waals surface area (Å²) in [5.41, 5.74) is 12.5. The van der Waals surface area contributed by atoms with Gasteiger partial charge in [0, 0.05) is 57.9 Å². The maximum atomic E-state index is 14.2. The molecular weight excluding hydrogens is 1630 g/mol. The lowest BCUT2D eigenvalue weighted by Gasteiger charge is -2.26. The van der Waals surface area contributed by atoms with Crippen molar-refractivity contribution in [1.82, 2.24) is 4.84 Å². The van der Waals surface area contributed by atoms with Crippen LogP contribution in [-0.2, 0) is 102 Å². The number of esters is 2. The van der Waals surface area contributed by atoms with Crippen LogP contribution in [0.25, 0.3) is 0 Å². The van der Waals surface area contributed by atoms with Gasteiger partial charge in [-0.1, -0.05) is 150 Å². The van der Waals surface area contributed by atoms with Crippen molar-refractivity contribution < 1.29 is 94.9 Å². The second-order valence-electron chi connectivity index (χ2n) is 30.1. The van der Waals surface area contributed by atoms with Crippen molar-refractivity contribution in [2.24, 2.45) is 29.6 Å². The molecule has 0 amide bonds. The van der Waals surface area contributed by atoms with Crippen LogP contribution in [0.1, 0.15) is 147 Å². The Kier molecular flexibility index (Phi) is 39.5. The number of benzene rings is 9. The lowest BCUT2D eigenvalue weighted by Crippen LogP contribution is -2.34. The lowest BCUT2D eigenvalue weighted by atomic mass is 9.89. The van der Waals surface area contributed by atoms with Gasteiger partial charge in [0.25, 0.3) is 0 Å². The third-order valence-electron chi connectivity index (χ3n) is 20.7. The first kappa shape index (κ1) is 95.5. The molecule has 23 heteroatoms. The highest BCUT2D eigenvalue weighted by molar-refractivity contribution is 9.08. The summed E-state index contributed by atoms with van der Waals surface area (Å²) in [7, 11) is 0. The zero-order valence-electron chi connectivity index (χ0n) is 70.2. The number of ether oxygens (including phenoxy) is 10. The van der Waals surface area contributed by atoms with Crippen LogP contribution in [0, 0.1) is 52.9 Å². The molecule has 9 aromatic carbocycles. The number of hydrogen-bond donors (Lipinski definition) is 5. The summed E-state index contributed by atoms with van der Waals surface area (Å²) in [6.45, 7) is 25.4. The number of aliphatic hydroxyl groups excluding tert-OH is 2. The van der Waals surface area contributed by atoms with Crippen molar-refractivity contribution in [3.63, 3.8) is 0 Å². The van der Waals surface area contributed by atoms with Crippen LogP contribution < -0.4 is 42.7 Å². The van der Waals surface area contributed by atoms with E-state index >= 15 is 0 Å². The van der Waals surface area contributed by atoms with Crippen molar-refractivity contribution in [3.8, 4) is 57.5 Å².